The van der Waals surface area contributed by atoms with Gasteiger partial charge in [-0.1, -0.05) is 0 Å². The smallest absolute Gasteiger partial charge is 0.322 e. The molecule has 21 heavy (non-hydrogen) atoms. The molecular weight excluding hydrogens is 268 g/mol. The van der Waals surface area contributed by atoms with E-state index in [4.69, 9.17) is 4.74 Å². The van der Waals surface area contributed by atoms with Crippen molar-refractivity contribution in [2.45, 2.75) is 26.2 Å². The SMILES string of the molecule is CNC(=O)C(C)(C)c1ccnc(Oc2ccnc(C)c2)n1. The summed E-state index contributed by atoms with van der Waals surface area (Å²) in [6.45, 7) is 5.47. The van der Waals surface area contributed by atoms with Crippen LogP contribution in [0.4, 0.5) is 0 Å². The van der Waals surface area contributed by atoms with Crippen LogP contribution in [-0.2, 0) is 10.2 Å². The zero-order valence-electron chi connectivity index (χ0n) is 12.5. The van der Waals surface area contributed by atoms with E-state index in [1.54, 1.807) is 51.5 Å². The minimum absolute atomic E-state index is 0.119. The first-order valence-corrected chi connectivity index (χ1v) is 6.59. The number of nitrogens with one attached hydrogen (secondary N) is 1. The van der Waals surface area contributed by atoms with E-state index in [9.17, 15) is 4.79 Å². The molecule has 6 heteroatoms. The van der Waals surface area contributed by atoms with E-state index >= 15 is 0 Å². The zero-order chi connectivity index (χ0) is 15.5. The molecule has 0 unspecified atom stereocenters. The molecule has 0 radical (unpaired) electrons. The van der Waals surface area contributed by atoms with Gasteiger partial charge in [-0.15, -0.1) is 0 Å². The van der Waals surface area contributed by atoms with Crippen LogP contribution in [0.15, 0.2) is 30.6 Å². The van der Waals surface area contributed by atoms with Gasteiger partial charge in [0.05, 0.1) is 11.1 Å². The molecule has 0 aromatic carbocycles. The lowest BCUT2D eigenvalue weighted by Crippen LogP contribution is -2.38. The molecule has 0 aliphatic heterocycles. The van der Waals surface area contributed by atoms with Crippen LogP contribution in [0.2, 0.25) is 0 Å². The summed E-state index contributed by atoms with van der Waals surface area (Å²) in [5.74, 6) is 0.490. The van der Waals surface area contributed by atoms with Crippen molar-refractivity contribution in [1.82, 2.24) is 20.3 Å². The summed E-state index contributed by atoms with van der Waals surface area (Å²) in [5, 5.41) is 2.63. The van der Waals surface area contributed by atoms with Gasteiger partial charge in [0.2, 0.25) is 5.91 Å². The maximum Gasteiger partial charge on any atom is 0.322 e. The van der Waals surface area contributed by atoms with Gasteiger partial charge in [-0.25, -0.2) is 4.98 Å². The predicted molar refractivity (Wildman–Crippen MR) is 78.2 cm³/mol. The summed E-state index contributed by atoms with van der Waals surface area (Å²) < 4.78 is 5.61. The van der Waals surface area contributed by atoms with Gasteiger partial charge in [-0.05, 0) is 32.9 Å². The van der Waals surface area contributed by atoms with E-state index in [-0.39, 0.29) is 11.9 Å². The van der Waals surface area contributed by atoms with Gasteiger partial charge < -0.3 is 10.1 Å². The number of likely N-dealkylation sites (N-methyl/N-ethyl adjacent to an activating group) is 1. The fourth-order valence-electron chi connectivity index (χ4n) is 1.86. The summed E-state index contributed by atoms with van der Waals surface area (Å²) in [6.07, 6.45) is 3.24. The van der Waals surface area contributed by atoms with Crippen LogP contribution in [0.25, 0.3) is 0 Å². The number of aromatic nitrogens is 3. The Balaban J connectivity index is 2.28. The third-order valence-corrected chi connectivity index (χ3v) is 3.15. The Hall–Kier alpha value is -2.50. The topological polar surface area (TPSA) is 77.0 Å². The highest BCUT2D eigenvalue weighted by molar-refractivity contribution is 5.86. The maximum absolute atomic E-state index is 11.9. The standard InChI is InChI=1S/C15H18N4O2/c1-10-9-11(5-7-17-10)21-14-18-8-6-12(19-14)15(2,3)13(20)16-4/h5-9H,1-4H3,(H,16,20). The summed E-state index contributed by atoms with van der Waals surface area (Å²) >= 11 is 0. The van der Waals surface area contributed by atoms with Crippen molar-refractivity contribution >= 4 is 5.91 Å². The summed E-state index contributed by atoms with van der Waals surface area (Å²) in [5.41, 5.74) is 0.677. The minimum Gasteiger partial charge on any atom is -0.424 e. The Morgan fingerprint density at radius 3 is 2.62 bits per heavy atom. The number of rotatable bonds is 4. The number of nitrogens with zero attached hydrogens (tertiary/aromatic N) is 3. The van der Waals surface area contributed by atoms with Crippen LogP contribution in [0.5, 0.6) is 11.8 Å². The zero-order valence-corrected chi connectivity index (χ0v) is 12.5. The molecular formula is C15H18N4O2. The lowest BCUT2D eigenvalue weighted by Gasteiger charge is -2.21. The van der Waals surface area contributed by atoms with Gasteiger partial charge in [0.25, 0.3) is 0 Å². The number of amides is 1. The molecule has 0 aliphatic carbocycles. The fourth-order valence-corrected chi connectivity index (χ4v) is 1.86. The normalized spacial score (nSPS) is 11.0. The van der Waals surface area contributed by atoms with Crippen LogP contribution in [0, 0.1) is 6.92 Å². The molecule has 2 rings (SSSR count). The van der Waals surface area contributed by atoms with Gasteiger partial charge in [0.1, 0.15) is 5.75 Å². The Morgan fingerprint density at radius 2 is 1.95 bits per heavy atom. The molecule has 2 aromatic heterocycles. The van der Waals surface area contributed by atoms with Gasteiger partial charge in [-0.2, -0.15) is 4.98 Å². The van der Waals surface area contributed by atoms with E-state index in [1.807, 2.05) is 6.92 Å². The van der Waals surface area contributed by atoms with E-state index < -0.39 is 5.41 Å². The molecule has 1 amide bonds. The van der Waals surface area contributed by atoms with Crippen molar-refractivity contribution in [2.24, 2.45) is 0 Å². The molecule has 2 heterocycles. The summed E-state index contributed by atoms with van der Waals surface area (Å²) in [7, 11) is 1.60. The number of hydrogen-bond acceptors (Lipinski definition) is 5. The number of ether oxygens (including phenoxy) is 1. The monoisotopic (exact) mass is 286 g/mol. The highest BCUT2D eigenvalue weighted by Crippen LogP contribution is 2.24. The van der Waals surface area contributed by atoms with Crippen LogP contribution in [0.3, 0.4) is 0 Å². The van der Waals surface area contributed by atoms with Crippen LogP contribution < -0.4 is 10.1 Å². The van der Waals surface area contributed by atoms with E-state index in [1.165, 1.54) is 0 Å². The van der Waals surface area contributed by atoms with Crippen molar-refractivity contribution in [1.29, 1.82) is 0 Å². The second kappa shape index (κ2) is 5.87. The lowest BCUT2D eigenvalue weighted by atomic mass is 9.88. The van der Waals surface area contributed by atoms with Crippen molar-refractivity contribution in [3.05, 3.63) is 42.0 Å². The van der Waals surface area contributed by atoms with Gasteiger partial charge >= 0.3 is 6.01 Å². The molecule has 0 fully saturated rings. The average Bonchev–Trinajstić information content (AvgIpc) is 2.46. The second-order valence-corrected chi connectivity index (χ2v) is 5.16. The van der Waals surface area contributed by atoms with E-state index in [0.29, 0.717) is 11.4 Å². The molecule has 0 saturated heterocycles. The number of aryl methyl sites for hydroxylation is 1. The first kappa shape index (κ1) is 14.9. The third-order valence-electron chi connectivity index (χ3n) is 3.15. The number of pyridine rings is 1. The second-order valence-electron chi connectivity index (χ2n) is 5.16. The van der Waals surface area contributed by atoms with Gasteiger partial charge in [0.15, 0.2) is 0 Å². The minimum atomic E-state index is -0.760. The fraction of sp³-hybridized carbons (Fsp3) is 0.333. The van der Waals surface area contributed by atoms with Crippen molar-refractivity contribution < 1.29 is 9.53 Å². The highest BCUT2D eigenvalue weighted by atomic mass is 16.5. The molecule has 1 N–H and O–H groups in total. The van der Waals surface area contributed by atoms with Crippen LogP contribution in [0.1, 0.15) is 25.2 Å². The quantitative estimate of drug-likeness (QED) is 0.930. The maximum atomic E-state index is 11.9. The lowest BCUT2D eigenvalue weighted by molar-refractivity contribution is -0.125. The molecule has 0 bridgehead atoms. The van der Waals surface area contributed by atoms with Crippen molar-refractivity contribution in [2.75, 3.05) is 7.05 Å². The Morgan fingerprint density at radius 1 is 1.24 bits per heavy atom. The molecule has 2 aromatic rings. The third kappa shape index (κ3) is 3.34. The Kier molecular flexibility index (Phi) is 4.16. The Bertz CT molecular complexity index is 656. The Labute approximate surface area is 123 Å². The molecule has 6 nitrogen and oxygen atoms in total. The molecule has 0 saturated carbocycles. The molecule has 0 spiro atoms. The van der Waals surface area contributed by atoms with Crippen molar-refractivity contribution in [3.63, 3.8) is 0 Å². The molecule has 110 valence electrons. The van der Waals surface area contributed by atoms with Gasteiger partial charge in [0, 0.05) is 31.2 Å². The van der Waals surface area contributed by atoms with E-state index in [0.717, 1.165) is 5.69 Å². The molecule has 0 atom stereocenters. The average molecular weight is 286 g/mol. The highest BCUT2D eigenvalue weighted by Gasteiger charge is 2.30. The molecule has 0 aliphatic rings. The number of carbonyl (C=O) groups excluding carboxylic acids is 1. The summed E-state index contributed by atoms with van der Waals surface area (Å²) in [6, 6.07) is 5.43. The van der Waals surface area contributed by atoms with E-state index in [2.05, 4.69) is 20.3 Å². The van der Waals surface area contributed by atoms with Gasteiger partial charge in [-0.3, -0.25) is 9.78 Å². The largest absolute Gasteiger partial charge is 0.424 e. The predicted octanol–water partition coefficient (Wildman–Crippen LogP) is 2.00. The summed E-state index contributed by atoms with van der Waals surface area (Å²) in [4.78, 5) is 24.4. The van der Waals surface area contributed by atoms with Crippen LogP contribution >= 0.6 is 0 Å². The number of hydrogen-bond donors (Lipinski definition) is 1. The first-order valence-electron chi connectivity index (χ1n) is 6.59. The van der Waals surface area contributed by atoms with Crippen molar-refractivity contribution in [3.8, 4) is 11.8 Å². The van der Waals surface area contributed by atoms with Crippen LogP contribution in [-0.4, -0.2) is 27.9 Å². The number of carbonyl (C=O) groups is 1. The first-order chi connectivity index (χ1) is 9.93.